The molecule has 0 saturated heterocycles. The first kappa shape index (κ1) is 31.2. The summed E-state index contributed by atoms with van der Waals surface area (Å²) in [5.74, 6) is -1.27. The molecule has 3 heterocycles. The van der Waals surface area contributed by atoms with Crippen LogP contribution in [0, 0.1) is 0 Å². The van der Waals surface area contributed by atoms with Crippen LogP contribution in [0.5, 0.6) is 5.88 Å². The zero-order chi connectivity index (χ0) is 31.6. The maximum absolute atomic E-state index is 13.6. The molecule has 44 heavy (non-hydrogen) atoms. The van der Waals surface area contributed by atoms with Gasteiger partial charge in [0.2, 0.25) is 5.88 Å². The molecule has 0 aliphatic rings. The molecule has 0 unspecified atom stereocenters. The minimum atomic E-state index is -4.75. The molecule has 5 rings (SSSR count). The monoisotopic (exact) mass is 670 g/mol. The Bertz CT molecular complexity index is 1800. The van der Waals surface area contributed by atoms with Gasteiger partial charge in [-0.15, -0.1) is 15.3 Å². The van der Waals surface area contributed by atoms with Crippen LogP contribution in [0.1, 0.15) is 56.5 Å². The van der Waals surface area contributed by atoms with Gasteiger partial charge in [0.1, 0.15) is 12.2 Å². The molecule has 230 valence electrons. The zero-order valence-corrected chi connectivity index (χ0v) is 26.1. The molecule has 3 aromatic heterocycles. The van der Waals surface area contributed by atoms with E-state index in [9.17, 15) is 18.0 Å². The number of rotatable bonds is 8. The van der Waals surface area contributed by atoms with Crippen molar-refractivity contribution in [1.82, 2.24) is 29.7 Å². The van der Waals surface area contributed by atoms with Crippen molar-refractivity contribution >= 4 is 38.4 Å². The second-order valence-electron chi connectivity index (χ2n) is 11.2. The van der Waals surface area contributed by atoms with Crippen LogP contribution >= 0.6 is 15.9 Å². The molecular formula is C31H30BrF3N6O3. The number of carbonyl (C=O) groups is 1. The van der Waals surface area contributed by atoms with Crippen LogP contribution in [0.2, 0.25) is 0 Å². The third kappa shape index (κ3) is 7.09. The largest absolute Gasteiger partial charge is 0.470 e. The molecule has 1 amide bonds. The van der Waals surface area contributed by atoms with Crippen LogP contribution in [-0.4, -0.2) is 47.9 Å². The van der Waals surface area contributed by atoms with Crippen LogP contribution in [0.15, 0.2) is 71.2 Å². The summed E-state index contributed by atoms with van der Waals surface area (Å²) in [6.45, 7) is 7.59. The molecular weight excluding hydrogens is 641 g/mol. The van der Waals surface area contributed by atoms with Crippen molar-refractivity contribution in [3.63, 3.8) is 0 Å². The molecule has 0 radical (unpaired) electrons. The fourth-order valence-electron chi connectivity index (χ4n) is 4.65. The molecule has 0 aliphatic carbocycles. The van der Waals surface area contributed by atoms with Crippen LogP contribution in [0.25, 0.3) is 16.4 Å². The van der Waals surface area contributed by atoms with Gasteiger partial charge in [0, 0.05) is 21.8 Å². The smallest absolute Gasteiger partial charge is 0.453 e. The van der Waals surface area contributed by atoms with Crippen LogP contribution < -0.4 is 4.74 Å². The van der Waals surface area contributed by atoms with Gasteiger partial charge in [0.15, 0.2) is 5.65 Å². The molecule has 0 fully saturated rings. The second-order valence-corrected chi connectivity index (χ2v) is 12.1. The van der Waals surface area contributed by atoms with E-state index in [0.29, 0.717) is 39.6 Å². The molecule has 0 spiro atoms. The van der Waals surface area contributed by atoms with E-state index >= 15 is 0 Å². The summed E-state index contributed by atoms with van der Waals surface area (Å²) in [7, 11) is 0. The Morgan fingerprint density at radius 2 is 1.73 bits per heavy atom. The lowest BCUT2D eigenvalue weighted by Crippen LogP contribution is -2.40. The lowest BCUT2D eigenvalue weighted by molar-refractivity contribution is -0.146. The maximum atomic E-state index is 13.6. The van der Waals surface area contributed by atoms with Crippen molar-refractivity contribution in [1.29, 1.82) is 0 Å². The number of hydrogen-bond acceptors (Lipinski definition) is 7. The van der Waals surface area contributed by atoms with Gasteiger partial charge in [0.05, 0.1) is 17.4 Å². The fourth-order valence-corrected chi connectivity index (χ4v) is 5.10. The molecule has 13 heteroatoms. The first-order chi connectivity index (χ1) is 20.8. The summed E-state index contributed by atoms with van der Waals surface area (Å²) >= 11 is 3.49. The Morgan fingerprint density at radius 1 is 1.00 bits per heavy atom. The van der Waals surface area contributed by atoms with Crippen molar-refractivity contribution < 1.29 is 27.4 Å². The Morgan fingerprint density at radius 3 is 2.43 bits per heavy atom. The van der Waals surface area contributed by atoms with Gasteiger partial charge in [-0.05, 0) is 70.0 Å². The highest BCUT2D eigenvalue weighted by Crippen LogP contribution is 2.32. The third-order valence-electron chi connectivity index (χ3n) is 6.72. The Hall–Kier alpha value is -4.26. The number of halogens is 4. The first-order valence-electron chi connectivity index (χ1n) is 13.8. The van der Waals surface area contributed by atoms with Crippen molar-refractivity contribution in [2.24, 2.45) is 0 Å². The summed E-state index contributed by atoms with van der Waals surface area (Å²) in [5, 5.41) is 12.0. The molecule has 2 aromatic carbocycles. The highest BCUT2D eigenvalue weighted by Gasteiger charge is 2.38. The molecule has 0 saturated carbocycles. The van der Waals surface area contributed by atoms with Crippen LogP contribution in [0.4, 0.5) is 18.0 Å². The average Bonchev–Trinajstić information content (AvgIpc) is 3.40. The van der Waals surface area contributed by atoms with Crippen molar-refractivity contribution in [3.8, 4) is 5.88 Å². The predicted molar refractivity (Wildman–Crippen MR) is 161 cm³/mol. The highest BCUT2D eigenvalue weighted by molar-refractivity contribution is 9.10. The minimum Gasteiger partial charge on any atom is -0.470 e. The number of pyridine rings is 1. The Balaban J connectivity index is 1.40. The lowest BCUT2D eigenvalue weighted by atomic mass is 10.1. The summed E-state index contributed by atoms with van der Waals surface area (Å²) in [4.78, 5) is 19.7. The van der Waals surface area contributed by atoms with Crippen molar-refractivity contribution in [2.75, 3.05) is 6.54 Å². The standard InChI is InChI=1S/C31H30BrF3N6O3/c1-19(40(29(42)44-30(2,3)4)16-15-20-9-7-10-21(32)17-20)25-14-8-11-22(36-25)18-43-27-24-13-6-5-12-23(24)26-37-38-28(31(33,34)35)41(26)39-27/h5-14,17,19H,15-16,18H2,1-4H3/t19-/m0/s1. The van der Waals surface area contributed by atoms with E-state index in [1.165, 1.54) is 0 Å². The van der Waals surface area contributed by atoms with E-state index in [2.05, 4.69) is 31.2 Å². The van der Waals surface area contributed by atoms with E-state index in [-0.39, 0.29) is 18.1 Å². The van der Waals surface area contributed by atoms with Gasteiger partial charge < -0.3 is 9.47 Å². The van der Waals surface area contributed by atoms with Gasteiger partial charge in [0.25, 0.3) is 5.82 Å². The van der Waals surface area contributed by atoms with E-state index < -0.39 is 29.7 Å². The van der Waals surface area contributed by atoms with Crippen molar-refractivity contribution in [3.05, 3.63) is 94.0 Å². The highest BCUT2D eigenvalue weighted by atomic mass is 79.9. The van der Waals surface area contributed by atoms with Gasteiger partial charge in [-0.3, -0.25) is 9.88 Å². The van der Waals surface area contributed by atoms with Crippen LogP contribution in [-0.2, 0) is 23.9 Å². The summed E-state index contributed by atoms with van der Waals surface area (Å²) in [6, 6.07) is 19.5. The number of hydrogen-bond donors (Lipinski definition) is 0. The molecule has 0 bridgehead atoms. The van der Waals surface area contributed by atoms with Crippen molar-refractivity contribution in [2.45, 2.75) is 58.5 Å². The third-order valence-corrected chi connectivity index (χ3v) is 7.22. The Kier molecular flexibility index (Phi) is 8.78. The molecule has 1 atom stereocenters. The number of fused-ring (bicyclic) bond motifs is 3. The van der Waals surface area contributed by atoms with E-state index in [4.69, 9.17) is 14.5 Å². The van der Waals surface area contributed by atoms with Crippen LogP contribution in [0.3, 0.4) is 0 Å². The number of benzene rings is 2. The summed E-state index contributed by atoms with van der Waals surface area (Å²) in [6.07, 6.45) is -4.63. The van der Waals surface area contributed by atoms with Gasteiger partial charge in [-0.25, -0.2) is 4.79 Å². The Labute approximate surface area is 260 Å². The summed E-state index contributed by atoms with van der Waals surface area (Å²) < 4.78 is 54.0. The number of carbonyl (C=O) groups excluding carboxylic acids is 1. The van der Waals surface area contributed by atoms with Gasteiger partial charge >= 0.3 is 12.3 Å². The van der Waals surface area contributed by atoms with Gasteiger partial charge in [-0.2, -0.15) is 17.7 Å². The maximum Gasteiger partial charge on any atom is 0.453 e. The molecule has 0 N–H and O–H groups in total. The van der Waals surface area contributed by atoms with E-state index in [1.807, 2.05) is 52.0 Å². The predicted octanol–water partition coefficient (Wildman–Crippen LogP) is 7.57. The number of alkyl halides is 3. The molecule has 5 aromatic rings. The average molecular weight is 672 g/mol. The number of aromatic nitrogens is 5. The lowest BCUT2D eigenvalue weighted by Gasteiger charge is -2.31. The SMILES string of the molecule is C[C@@H](c1cccc(COc2nn3c(C(F)(F)F)nnc3c3ccccc23)n1)N(CCc1cccc(Br)c1)C(=O)OC(C)(C)C. The quantitative estimate of drug-likeness (QED) is 0.168. The number of ether oxygens (including phenoxy) is 2. The van der Waals surface area contributed by atoms with E-state index in [0.717, 1.165) is 10.0 Å². The van der Waals surface area contributed by atoms with E-state index in [1.54, 1.807) is 47.4 Å². The second kappa shape index (κ2) is 12.4. The topological polar surface area (TPSA) is 94.7 Å². The fraction of sp³-hybridized carbons (Fsp3) is 0.323. The number of amides is 1. The zero-order valence-electron chi connectivity index (χ0n) is 24.5. The number of nitrogens with zero attached hydrogens (tertiary/aromatic N) is 6. The minimum absolute atomic E-state index is 0.0249. The first-order valence-corrected chi connectivity index (χ1v) is 14.6. The van der Waals surface area contributed by atoms with Gasteiger partial charge in [-0.1, -0.05) is 52.3 Å². The molecule has 0 aliphatic heterocycles. The normalized spacial score (nSPS) is 12.8. The summed E-state index contributed by atoms with van der Waals surface area (Å²) in [5.41, 5.74) is 1.42. The molecule has 9 nitrogen and oxygen atoms in total.